The van der Waals surface area contributed by atoms with Crippen LogP contribution in [0.2, 0.25) is 0 Å². The normalized spacial score (nSPS) is 22.8. The van der Waals surface area contributed by atoms with E-state index in [1.165, 1.54) is 32.1 Å². The van der Waals surface area contributed by atoms with Gasteiger partial charge < -0.3 is 14.4 Å². The van der Waals surface area contributed by atoms with Crippen LogP contribution >= 0.6 is 0 Å². The summed E-state index contributed by atoms with van der Waals surface area (Å²) in [6.07, 6.45) is 8.90. The summed E-state index contributed by atoms with van der Waals surface area (Å²) in [5, 5.41) is 0. The summed E-state index contributed by atoms with van der Waals surface area (Å²) in [7, 11) is 0. The topological polar surface area (TPSA) is 38.8 Å². The van der Waals surface area contributed by atoms with Crippen molar-refractivity contribution >= 4 is 6.09 Å². The molecule has 0 unspecified atom stereocenters. The number of rotatable bonds is 3. The van der Waals surface area contributed by atoms with Gasteiger partial charge in [0, 0.05) is 13.1 Å². The van der Waals surface area contributed by atoms with Crippen LogP contribution in [-0.2, 0) is 9.47 Å². The quantitative estimate of drug-likeness (QED) is 0.788. The molecule has 1 saturated carbocycles. The standard InChI is InChI=1S/C15H27NO3/c1-12(2)18-15(17)16-10-8-14(9-11-16)19-13-6-4-3-5-7-13/h12-14H,3-11H2,1-2H3. The lowest BCUT2D eigenvalue weighted by atomic mass is 9.97. The highest BCUT2D eigenvalue weighted by Crippen LogP contribution is 2.24. The molecule has 4 nitrogen and oxygen atoms in total. The van der Waals surface area contributed by atoms with Crippen LogP contribution < -0.4 is 0 Å². The first-order valence-corrected chi connectivity index (χ1v) is 7.76. The molecule has 1 saturated heterocycles. The Morgan fingerprint density at radius 1 is 1.00 bits per heavy atom. The van der Waals surface area contributed by atoms with Crippen molar-refractivity contribution in [2.75, 3.05) is 13.1 Å². The van der Waals surface area contributed by atoms with E-state index in [9.17, 15) is 4.79 Å². The molecule has 0 aromatic heterocycles. The predicted molar refractivity (Wildman–Crippen MR) is 74.2 cm³/mol. The Bertz CT molecular complexity index is 279. The first-order valence-electron chi connectivity index (χ1n) is 7.76. The van der Waals surface area contributed by atoms with Crippen LogP contribution in [0.1, 0.15) is 58.8 Å². The molecule has 1 heterocycles. The van der Waals surface area contributed by atoms with Gasteiger partial charge in [0.15, 0.2) is 0 Å². The molecule has 2 rings (SSSR count). The Balaban J connectivity index is 1.68. The van der Waals surface area contributed by atoms with Gasteiger partial charge in [-0.2, -0.15) is 0 Å². The minimum absolute atomic E-state index is 0.0382. The van der Waals surface area contributed by atoms with Crippen LogP contribution in [0.5, 0.6) is 0 Å². The minimum Gasteiger partial charge on any atom is -0.447 e. The number of hydrogen-bond donors (Lipinski definition) is 0. The highest BCUT2D eigenvalue weighted by molar-refractivity contribution is 5.67. The fourth-order valence-corrected chi connectivity index (χ4v) is 2.92. The predicted octanol–water partition coefficient (Wildman–Crippen LogP) is 3.35. The Kier molecular flexibility index (Phi) is 5.49. The molecular formula is C15H27NO3. The molecule has 2 aliphatic rings. The summed E-state index contributed by atoms with van der Waals surface area (Å²) in [4.78, 5) is 13.6. The van der Waals surface area contributed by atoms with E-state index in [2.05, 4.69) is 0 Å². The third-order valence-corrected chi connectivity index (χ3v) is 3.97. The Morgan fingerprint density at radius 2 is 1.58 bits per heavy atom. The average Bonchev–Trinajstić information content (AvgIpc) is 2.40. The number of ether oxygens (including phenoxy) is 2. The average molecular weight is 269 g/mol. The number of nitrogens with zero attached hydrogens (tertiary/aromatic N) is 1. The zero-order valence-corrected chi connectivity index (χ0v) is 12.3. The molecule has 4 heteroatoms. The van der Waals surface area contributed by atoms with E-state index in [1.54, 1.807) is 4.90 Å². The van der Waals surface area contributed by atoms with Crippen molar-refractivity contribution in [3.05, 3.63) is 0 Å². The molecule has 1 amide bonds. The summed E-state index contributed by atoms with van der Waals surface area (Å²) in [5.74, 6) is 0. The van der Waals surface area contributed by atoms with Crippen LogP contribution in [0, 0.1) is 0 Å². The minimum atomic E-state index is -0.175. The third-order valence-electron chi connectivity index (χ3n) is 3.97. The van der Waals surface area contributed by atoms with E-state index in [0.717, 1.165) is 25.9 Å². The summed E-state index contributed by atoms with van der Waals surface area (Å²) in [5.41, 5.74) is 0. The lowest BCUT2D eigenvalue weighted by Crippen LogP contribution is -2.42. The molecule has 0 radical (unpaired) electrons. The third kappa shape index (κ3) is 4.68. The van der Waals surface area contributed by atoms with Gasteiger partial charge in [-0.1, -0.05) is 19.3 Å². The van der Waals surface area contributed by atoms with E-state index in [0.29, 0.717) is 12.2 Å². The number of amides is 1. The van der Waals surface area contributed by atoms with E-state index < -0.39 is 0 Å². The summed E-state index contributed by atoms with van der Waals surface area (Å²) >= 11 is 0. The highest BCUT2D eigenvalue weighted by Gasteiger charge is 2.27. The van der Waals surface area contributed by atoms with Gasteiger partial charge in [0.1, 0.15) is 0 Å². The van der Waals surface area contributed by atoms with Crippen molar-refractivity contribution in [2.24, 2.45) is 0 Å². The van der Waals surface area contributed by atoms with E-state index in [-0.39, 0.29) is 12.2 Å². The monoisotopic (exact) mass is 269 g/mol. The van der Waals surface area contributed by atoms with Crippen molar-refractivity contribution < 1.29 is 14.3 Å². The Morgan fingerprint density at radius 3 is 2.16 bits per heavy atom. The molecule has 0 bridgehead atoms. The van der Waals surface area contributed by atoms with Gasteiger partial charge in [-0.3, -0.25) is 0 Å². The second kappa shape index (κ2) is 7.13. The zero-order chi connectivity index (χ0) is 13.7. The van der Waals surface area contributed by atoms with Crippen LogP contribution in [0.15, 0.2) is 0 Å². The maximum absolute atomic E-state index is 11.8. The maximum Gasteiger partial charge on any atom is 0.410 e. The smallest absolute Gasteiger partial charge is 0.410 e. The fourth-order valence-electron chi connectivity index (χ4n) is 2.92. The molecule has 0 N–H and O–H groups in total. The largest absolute Gasteiger partial charge is 0.447 e. The summed E-state index contributed by atoms with van der Waals surface area (Å²) in [6, 6.07) is 0. The Labute approximate surface area is 116 Å². The SMILES string of the molecule is CC(C)OC(=O)N1CCC(OC2CCCCC2)CC1. The molecule has 110 valence electrons. The van der Waals surface area contributed by atoms with E-state index in [4.69, 9.17) is 9.47 Å². The highest BCUT2D eigenvalue weighted by atomic mass is 16.6. The van der Waals surface area contributed by atoms with Gasteiger partial charge in [0.25, 0.3) is 0 Å². The number of carbonyl (C=O) groups excluding carboxylic acids is 1. The van der Waals surface area contributed by atoms with Gasteiger partial charge in [0.05, 0.1) is 18.3 Å². The number of carbonyl (C=O) groups is 1. The zero-order valence-electron chi connectivity index (χ0n) is 12.3. The van der Waals surface area contributed by atoms with Gasteiger partial charge in [0.2, 0.25) is 0 Å². The molecule has 0 atom stereocenters. The molecule has 1 aliphatic heterocycles. The van der Waals surface area contributed by atoms with Gasteiger partial charge in [-0.25, -0.2) is 4.79 Å². The fraction of sp³-hybridized carbons (Fsp3) is 0.933. The van der Waals surface area contributed by atoms with E-state index >= 15 is 0 Å². The lowest BCUT2D eigenvalue weighted by Gasteiger charge is -2.34. The van der Waals surface area contributed by atoms with Gasteiger partial charge >= 0.3 is 6.09 Å². The summed E-state index contributed by atoms with van der Waals surface area (Å²) in [6.45, 7) is 5.31. The van der Waals surface area contributed by atoms with Crippen molar-refractivity contribution in [3.63, 3.8) is 0 Å². The first kappa shape index (κ1) is 14.6. The molecular weight excluding hydrogens is 242 g/mol. The molecule has 1 aliphatic carbocycles. The maximum atomic E-state index is 11.8. The van der Waals surface area contributed by atoms with Crippen molar-refractivity contribution in [3.8, 4) is 0 Å². The molecule has 0 spiro atoms. The number of piperidine rings is 1. The first-order chi connectivity index (χ1) is 9.15. The van der Waals surface area contributed by atoms with Crippen LogP contribution in [-0.4, -0.2) is 42.4 Å². The van der Waals surface area contributed by atoms with Crippen LogP contribution in [0.3, 0.4) is 0 Å². The second-order valence-corrected chi connectivity index (χ2v) is 6.02. The van der Waals surface area contributed by atoms with Crippen molar-refractivity contribution in [1.29, 1.82) is 0 Å². The number of hydrogen-bond acceptors (Lipinski definition) is 3. The van der Waals surface area contributed by atoms with Crippen LogP contribution in [0.25, 0.3) is 0 Å². The van der Waals surface area contributed by atoms with Crippen LogP contribution in [0.4, 0.5) is 4.79 Å². The lowest BCUT2D eigenvalue weighted by molar-refractivity contribution is -0.0552. The van der Waals surface area contributed by atoms with E-state index in [1.807, 2.05) is 13.8 Å². The molecule has 2 fully saturated rings. The molecule has 0 aromatic rings. The Hall–Kier alpha value is -0.770. The van der Waals surface area contributed by atoms with Crippen molar-refractivity contribution in [2.45, 2.75) is 77.1 Å². The van der Waals surface area contributed by atoms with Gasteiger partial charge in [-0.05, 0) is 39.5 Å². The summed E-state index contributed by atoms with van der Waals surface area (Å²) < 4.78 is 11.4. The molecule has 0 aromatic carbocycles. The second-order valence-electron chi connectivity index (χ2n) is 6.02. The van der Waals surface area contributed by atoms with Gasteiger partial charge in [-0.15, -0.1) is 0 Å². The van der Waals surface area contributed by atoms with Crippen molar-refractivity contribution in [1.82, 2.24) is 4.90 Å². The molecule has 19 heavy (non-hydrogen) atoms. The number of likely N-dealkylation sites (tertiary alicyclic amines) is 1.